The second kappa shape index (κ2) is 11.9. The third kappa shape index (κ3) is 7.11. The fourth-order valence-electron chi connectivity index (χ4n) is 0.584. The molecule has 15 heavy (non-hydrogen) atoms. The van der Waals surface area contributed by atoms with E-state index >= 15 is 0 Å². The number of rotatable bonds is 0. The summed E-state index contributed by atoms with van der Waals surface area (Å²) in [6.45, 7) is 0. The van der Waals surface area contributed by atoms with Gasteiger partial charge >= 0.3 is 75.4 Å². The van der Waals surface area contributed by atoms with Crippen molar-refractivity contribution >= 4 is 63.1 Å². The first-order chi connectivity index (χ1) is 5.04. The van der Waals surface area contributed by atoms with Gasteiger partial charge in [-0.3, -0.25) is 0 Å². The Balaban J connectivity index is -0.000000151. The fourth-order valence-corrected chi connectivity index (χ4v) is 1.86. The molecule has 1 rings (SSSR count). The van der Waals surface area contributed by atoms with Gasteiger partial charge in [0.15, 0.2) is 0 Å². The van der Waals surface area contributed by atoms with Crippen LogP contribution in [0.15, 0.2) is 30.5 Å². The molecule has 60 valence electrons. The van der Waals surface area contributed by atoms with Gasteiger partial charge in [-0.05, 0) is 4.90 Å². The van der Waals surface area contributed by atoms with Gasteiger partial charge in [0.1, 0.15) is 0 Å². The Morgan fingerprint density at radius 3 is 1.53 bits per heavy atom. The summed E-state index contributed by atoms with van der Waals surface area (Å²) < 4.78 is 0. The van der Waals surface area contributed by atoms with E-state index in [1.165, 1.54) is 0 Å². The van der Waals surface area contributed by atoms with Crippen LogP contribution in [0.2, 0.25) is 0 Å². The molecule has 0 radical (unpaired) electrons. The van der Waals surface area contributed by atoms with E-state index in [0.29, 0.717) is 24.5 Å². The summed E-state index contributed by atoms with van der Waals surface area (Å²) >= 11 is 23.8. The average Bonchev–Trinajstić information content (AvgIpc) is 1.97. The summed E-state index contributed by atoms with van der Waals surface area (Å²) in [5.74, 6) is 0. The quantitative estimate of drug-likeness (QED) is 0.280. The molecule has 0 saturated heterocycles. The summed E-state index contributed by atoms with van der Waals surface area (Å²) in [5.41, 5.74) is 0. The molecule has 0 aliphatic rings. The maximum absolute atomic E-state index is 4.96. The van der Waals surface area contributed by atoms with Crippen molar-refractivity contribution in [3.05, 3.63) is 6.07 Å². The van der Waals surface area contributed by atoms with E-state index in [0.717, 1.165) is 0 Å². The van der Waals surface area contributed by atoms with Crippen molar-refractivity contribution < 1.29 is 75.4 Å². The first kappa shape index (κ1) is 26.4. The van der Waals surface area contributed by atoms with Crippen LogP contribution in [0.25, 0.3) is 0 Å². The van der Waals surface area contributed by atoms with Crippen molar-refractivity contribution in [3.8, 4) is 0 Å². The minimum atomic E-state index is 0. The number of benzene rings is 1. The van der Waals surface area contributed by atoms with Crippen LogP contribution in [0.5, 0.6) is 0 Å². The first-order valence-electron chi connectivity index (χ1n) is 2.62. The molecule has 0 fully saturated rings. The van der Waals surface area contributed by atoms with Gasteiger partial charge in [-0.2, -0.15) is 14.7 Å². The second-order valence-corrected chi connectivity index (χ2v) is 4.02. The minimum Gasteiger partial charge on any atom is -0.782 e. The fraction of sp³-hybridized carbons (Fsp3) is 0. The molecule has 9 heteroatoms. The standard InChI is InChI=1S/C6H6S5.4Li/c7-2-1-3(8)5(10)6(11)4(2)9;;;;/h1,7-11H;;;;/q;4*+1/p-4. The third-order valence-electron chi connectivity index (χ3n) is 1.14. The molecule has 0 unspecified atom stereocenters. The molecule has 0 aliphatic carbocycles. The normalized spacial score (nSPS) is 7.27. The Labute approximate surface area is 166 Å². The molecule has 1 aromatic carbocycles. The van der Waals surface area contributed by atoms with Crippen molar-refractivity contribution in [2.24, 2.45) is 0 Å². The van der Waals surface area contributed by atoms with E-state index in [9.17, 15) is 0 Å². The van der Waals surface area contributed by atoms with Gasteiger partial charge in [-0.1, -0.05) is 0 Å². The van der Waals surface area contributed by atoms with Crippen LogP contribution in [0.4, 0.5) is 0 Å². The van der Waals surface area contributed by atoms with Crippen LogP contribution in [0, 0.1) is 0 Å². The average molecular weight is 262 g/mol. The maximum Gasteiger partial charge on any atom is 1.00 e. The van der Waals surface area contributed by atoms with Crippen molar-refractivity contribution in [1.82, 2.24) is 0 Å². The van der Waals surface area contributed by atoms with Gasteiger partial charge in [0.2, 0.25) is 0 Å². The molecule has 0 heterocycles. The van der Waals surface area contributed by atoms with E-state index in [1.54, 1.807) is 6.07 Å². The predicted molar refractivity (Wildman–Crippen MR) is 56.2 cm³/mol. The van der Waals surface area contributed by atoms with Crippen LogP contribution in [0.1, 0.15) is 0 Å². The molecule has 0 aromatic heterocycles. The number of thiol groups is 1. The van der Waals surface area contributed by atoms with Crippen molar-refractivity contribution in [2.75, 3.05) is 0 Å². The van der Waals surface area contributed by atoms with Crippen molar-refractivity contribution in [2.45, 2.75) is 24.5 Å². The van der Waals surface area contributed by atoms with Crippen LogP contribution in [-0.2, 0) is 50.5 Å². The topological polar surface area (TPSA) is 0 Å². The second-order valence-electron chi connectivity index (χ2n) is 1.88. The van der Waals surface area contributed by atoms with Crippen LogP contribution < -0.4 is 75.4 Å². The van der Waals surface area contributed by atoms with Crippen LogP contribution in [-0.4, -0.2) is 0 Å². The molecule has 0 atom stereocenters. The summed E-state index contributed by atoms with van der Waals surface area (Å²) in [6.07, 6.45) is 0. The van der Waals surface area contributed by atoms with Crippen LogP contribution >= 0.6 is 12.6 Å². The van der Waals surface area contributed by atoms with E-state index in [2.05, 4.69) is 12.6 Å². The van der Waals surface area contributed by atoms with E-state index in [4.69, 9.17) is 50.5 Å². The van der Waals surface area contributed by atoms with Crippen molar-refractivity contribution in [3.63, 3.8) is 0 Å². The Morgan fingerprint density at radius 1 is 0.733 bits per heavy atom. The largest absolute Gasteiger partial charge is 1.00 e. The predicted octanol–water partition coefficient (Wildman–Crippen LogP) is -10.4. The van der Waals surface area contributed by atoms with E-state index < -0.39 is 0 Å². The van der Waals surface area contributed by atoms with Crippen LogP contribution in [0.3, 0.4) is 0 Å². The SMILES string of the molecule is [Li+].[Li+].[Li+].[Li+].[S-]c1cc([S-])c(S)c([S-])c1[S-]. The zero-order valence-corrected chi connectivity index (χ0v) is 13.3. The molecule has 1 aromatic rings. The molecule has 0 nitrogen and oxygen atoms in total. The van der Waals surface area contributed by atoms with Gasteiger partial charge in [-0.15, -0.1) is 18.7 Å². The zero-order chi connectivity index (χ0) is 8.59. The summed E-state index contributed by atoms with van der Waals surface area (Å²) in [6, 6.07) is 1.64. The molecule has 0 spiro atoms. The minimum absolute atomic E-state index is 0. The summed E-state index contributed by atoms with van der Waals surface area (Å²) in [5, 5.41) is 0. The molecule has 0 aliphatic heterocycles. The Morgan fingerprint density at radius 2 is 1.13 bits per heavy atom. The Kier molecular flexibility index (Phi) is 21.0. The molecule has 0 bridgehead atoms. The van der Waals surface area contributed by atoms with Gasteiger partial charge in [0, 0.05) is 0 Å². The Hall–Kier alpha value is 2.84. The first-order valence-corrected chi connectivity index (χ1v) is 4.70. The number of hydrogen-bond acceptors (Lipinski definition) is 5. The van der Waals surface area contributed by atoms with Gasteiger partial charge in [0.05, 0.1) is 0 Å². The van der Waals surface area contributed by atoms with E-state index in [1.807, 2.05) is 0 Å². The monoisotopic (exact) mass is 262 g/mol. The van der Waals surface area contributed by atoms with E-state index in [-0.39, 0.29) is 75.4 Å². The molecular formula is C6H2Li4S5. The smallest absolute Gasteiger partial charge is 0.782 e. The molecule has 0 N–H and O–H groups in total. The van der Waals surface area contributed by atoms with Gasteiger partial charge < -0.3 is 50.5 Å². The summed E-state index contributed by atoms with van der Waals surface area (Å²) in [7, 11) is 0. The molecule has 0 saturated carbocycles. The van der Waals surface area contributed by atoms with Gasteiger partial charge in [-0.25, -0.2) is 4.90 Å². The van der Waals surface area contributed by atoms with Gasteiger partial charge in [0.25, 0.3) is 0 Å². The van der Waals surface area contributed by atoms with Crippen molar-refractivity contribution in [1.29, 1.82) is 0 Å². The zero-order valence-electron chi connectivity index (χ0n) is 9.16. The number of hydrogen-bond donors (Lipinski definition) is 1. The molecule has 0 amide bonds. The summed E-state index contributed by atoms with van der Waals surface area (Å²) in [4.78, 5) is 2.73. The maximum atomic E-state index is 4.96. The Bertz CT molecular complexity index is 280. The third-order valence-corrected chi connectivity index (χ3v) is 3.64. The molecular weight excluding hydrogens is 260 g/mol.